The molecule has 56 valence electrons. The fourth-order valence-corrected chi connectivity index (χ4v) is 0.890. The molecule has 0 aliphatic rings. The van der Waals surface area contributed by atoms with Crippen LogP contribution in [0.5, 0.6) is 0 Å². The Bertz CT molecular complexity index is 400. The Hall–Kier alpha value is -1.36. The molecule has 2 heterocycles. The highest BCUT2D eigenvalue weighted by atomic mass is 35.5. The van der Waals surface area contributed by atoms with Crippen LogP contribution in [0.15, 0.2) is 16.8 Å². The number of halogens is 1. The fourth-order valence-electron chi connectivity index (χ4n) is 0.747. The van der Waals surface area contributed by atoms with Crippen molar-refractivity contribution < 1.29 is 9.53 Å². The molecule has 0 unspecified atom stereocenters. The summed E-state index contributed by atoms with van der Waals surface area (Å²) in [4.78, 5) is 4.01. The Morgan fingerprint density at radius 3 is 3.18 bits per heavy atom. The summed E-state index contributed by atoms with van der Waals surface area (Å²) in [6.07, 6.45) is 0. The van der Waals surface area contributed by atoms with Gasteiger partial charge in [0, 0.05) is 0 Å². The molecule has 2 aromatic rings. The zero-order chi connectivity index (χ0) is 7.84. The molecular formula is C5H2ClN3O2. The standard InChI is InChI=1S/C5H2ClN3O2/c6-4-2-1-3-5(7-4)8-11-9(3)10/h1-2H. The lowest BCUT2D eigenvalue weighted by molar-refractivity contribution is -0.782. The molecule has 0 aromatic carbocycles. The van der Waals surface area contributed by atoms with Gasteiger partial charge >= 0.3 is 5.65 Å². The zero-order valence-electron chi connectivity index (χ0n) is 5.19. The minimum absolute atomic E-state index is 0.215. The molecule has 0 radical (unpaired) electrons. The largest absolute Gasteiger partial charge is 0.359 e. The van der Waals surface area contributed by atoms with Crippen molar-refractivity contribution in [2.45, 2.75) is 0 Å². The number of rotatable bonds is 0. The van der Waals surface area contributed by atoms with E-state index in [1.807, 2.05) is 0 Å². The van der Waals surface area contributed by atoms with E-state index in [4.69, 9.17) is 11.6 Å². The molecule has 5 nitrogen and oxygen atoms in total. The lowest BCUT2D eigenvalue weighted by Crippen LogP contribution is -2.22. The maximum absolute atomic E-state index is 10.7. The first kappa shape index (κ1) is 6.36. The topological polar surface area (TPSA) is 65.9 Å². The van der Waals surface area contributed by atoms with Gasteiger partial charge in [-0.25, -0.2) is 0 Å². The summed E-state index contributed by atoms with van der Waals surface area (Å²) in [5, 5.41) is 14.3. The third kappa shape index (κ3) is 0.894. The Morgan fingerprint density at radius 2 is 2.36 bits per heavy atom. The third-order valence-electron chi connectivity index (χ3n) is 1.22. The van der Waals surface area contributed by atoms with E-state index in [1.165, 1.54) is 12.1 Å². The molecular weight excluding hydrogens is 170 g/mol. The molecule has 0 saturated heterocycles. The number of nitrogens with zero attached hydrogens (tertiary/aromatic N) is 3. The predicted octanol–water partition coefficient (Wildman–Crippen LogP) is 0.510. The number of pyridine rings is 1. The van der Waals surface area contributed by atoms with Gasteiger partial charge in [0.15, 0.2) is 0 Å². The van der Waals surface area contributed by atoms with E-state index in [0.717, 1.165) is 0 Å². The van der Waals surface area contributed by atoms with Gasteiger partial charge in [0.2, 0.25) is 5.52 Å². The first-order valence-electron chi connectivity index (χ1n) is 2.79. The molecule has 2 aromatic heterocycles. The third-order valence-corrected chi connectivity index (χ3v) is 1.43. The van der Waals surface area contributed by atoms with E-state index in [1.54, 1.807) is 0 Å². The van der Waals surface area contributed by atoms with Crippen LogP contribution in [0, 0.1) is 5.21 Å². The van der Waals surface area contributed by atoms with Crippen molar-refractivity contribution in [3.8, 4) is 0 Å². The lowest BCUT2D eigenvalue weighted by atomic mass is 10.4. The lowest BCUT2D eigenvalue weighted by Gasteiger charge is -1.84. The van der Waals surface area contributed by atoms with Crippen LogP contribution in [0.1, 0.15) is 0 Å². The molecule has 2 rings (SSSR count). The summed E-state index contributed by atoms with van der Waals surface area (Å²) in [7, 11) is 0. The summed E-state index contributed by atoms with van der Waals surface area (Å²) < 4.78 is 4.26. The highest BCUT2D eigenvalue weighted by Crippen LogP contribution is 2.08. The number of fused-ring (bicyclic) bond motifs is 1. The van der Waals surface area contributed by atoms with Crippen LogP contribution in [-0.4, -0.2) is 10.1 Å². The van der Waals surface area contributed by atoms with Gasteiger partial charge in [0.1, 0.15) is 5.15 Å². The monoisotopic (exact) mass is 171 g/mol. The van der Waals surface area contributed by atoms with Crippen LogP contribution >= 0.6 is 11.6 Å². The Labute approximate surface area is 65.7 Å². The van der Waals surface area contributed by atoms with Gasteiger partial charge in [-0.2, -0.15) is 4.98 Å². The second-order valence-corrected chi connectivity index (χ2v) is 2.29. The van der Waals surface area contributed by atoms with Crippen LogP contribution < -0.4 is 4.90 Å². The van der Waals surface area contributed by atoms with Crippen molar-refractivity contribution in [3.63, 3.8) is 0 Å². The van der Waals surface area contributed by atoms with Crippen LogP contribution in [0.3, 0.4) is 0 Å². The first-order chi connectivity index (χ1) is 5.27. The maximum atomic E-state index is 10.7. The van der Waals surface area contributed by atoms with Crippen molar-refractivity contribution in [2.24, 2.45) is 0 Å². The molecule has 0 saturated carbocycles. The van der Waals surface area contributed by atoms with Crippen molar-refractivity contribution >= 4 is 22.8 Å². The van der Waals surface area contributed by atoms with Crippen molar-refractivity contribution in [3.05, 3.63) is 22.5 Å². The minimum Gasteiger partial charge on any atom is -0.359 e. The van der Waals surface area contributed by atoms with E-state index in [2.05, 4.69) is 14.8 Å². The Morgan fingerprint density at radius 1 is 1.55 bits per heavy atom. The maximum Gasteiger partial charge on any atom is 0.341 e. The van der Waals surface area contributed by atoms with Gasteiger partial charge in [0.25, 0.3) is 0 Å². The van der Waals surface area contributed by atoms with Crippen LogP contribution in [-0.2, 0) is 0 Å². The van der Waals surface area contributed by atoms with Gasteiger partial charge < -0.3 is 5.21 Å². The molecule has 0 fully saturated rings. The van der Waals surface area contributed by atoms with E-state index >= 15 is 0 Å². The van der Waals surface area contributed by atoms with Gasteiger partial charge in [-0.3, -0.25) is 4.63 Å². The Balaban J connectivity index is 2.86. The van der Waals surface area contributed by atoms with Crippen LogP contribution in [0.25, 0.3) is 11.2 Å². The second-order valence-electron chi connectivity index (χ2n) is 1.91. The normalized spacial score (nSPS) is 10.6. The Kier molecular flexibility index (Phi) is 1.19. The number of aromatic nitrogens is 3. The SMILES string of the molecule is [O-][n+]1onc2nc(Cl)ccc21. The molecule has 0 amide bonds. The number of hydrogen-bond donors (Lipinski definition) is 0. The molecule has 0 aliphatic heterocycles. The van der Waals surface area contributed by atoms with Crippen molar-refractivity contribution in [1.29, 1.82) is 0 Å². The smallest absolute Gasteiger partial charge is 0.341 e. The van der Waals surface area contributed by atoms with E-state index < -0.39 is 0 Å². The average molecular weight is 172 g/mol. The number of hydrogen-bond acceptors (Lipinski definition) is 4. The molecule has 11 heavy (non-hydrogen) atoms. The highest BCUT2D eigenvalue weighted by molar-refractivity contribution is 6.29. The van der Waals surface area contributed by atoms with Gasteiger partial charge in [0.05, 0.1) is 5.16 Å². The quantitative estimate of drug-likeness (QED) is 0.428. The highest BCUT2D eigenvalue weighted by Gasteiger charge is 2.09. The molecule has 0 aliphatic carbocycles. The van der Waals surface area contributed by atoms with E-state index in [-0.39, 0.29) is 21.2 Å². The zero-order valence-corrected chi connectivity index (χ0v) is 5.95. The van der Waals surface area contributed by atoms with E-state index in [0.29, 0.717) is 0 Å². The summed E-state index contributed by atoms with van der Waals surface area (Å²) in [6.45, 7) is 0. The van der Waals surface area contributed by atoms with Crippen molar-refractivity contribution in [2.75, 3.05) is 0 Å². The summed E-state index contributed by atoms with van der Waals surface area (Å²) in [6, 6.07) is 2.99. The second kappa shape index (κ2) is 2.06. The molecule has 6 heteroatoms. The van der Waals surface area contributed by atoms with Crippen LogP contribution in [0.4, 0.5) is 0 Å². The average Bonchev–Trinajstić information content (AvgIpc) is 2.32. The fraction of sp³-hybridized carbons (Fsp3) is 0. The van der Waals surface area contributed by atoms with Crippen molar-refractivity contribution in [1.82, 2.24) is 10.1 Å². The summed E-state index contributed by atoms with van der Waals surface area (Å²) in [5.41, 5.74) is 0.488. The minimum atomic E-state index is 0.215. The van der Waals surface area contributed by atoms with Gasteiger partial charge in [-0.15, -0.1) is 0 Å². The van der Waals surface area contributed by atoms with Crippen LogP contribution in [0.2, 0.25) is 5.15 Å². The molecule has 0 bridgehead atoms. The molecule has 0 N–H and O–H groups in total. The summed E-state index contributed by atoms with van der Waals surface area (Å²) in [5.74, 6) is 0. The molecule has 0 spiro atoms. The summed E-state index contributed by atoms with van der Waals surface area (Å²) >= 11 is 5.52. The van der Waals surface area contributed by atoms with E-state index in [9.17, 15) is 5.21 Å². The predicted molar refractivity (Wildman–Crippen MR) is 35.8 cm³/mol. The molecule has 0 atom stereocenters. The first-order valence-corrected chi connectivity index (χ1v) is 3.17. The van der Waals surface area contributed by atoms with Gasteiger partial charge in [-0.1, -0.05) is 11.6 Å². The van der Waals surface area contributed by atoms with Gasteiger partial charge in [-0.05, 0) is 17.0 Å².